The molecule has 2 amide bonds. The number of nitrogens with two attached hydrogens (primary N) is 1. The van der Waals surface area contributed by atoms with E-state index in [0.717, 1.165) is 61.3 Å². The van der Waals surface area contributed by atoms with Gasteiger partial charge in [-0.1, -0.05) is 30.3 Å². The Hall–Kier alpha value is -5.72. The summed E-state index contributed by atoms with van der Waals surface area (Å²) in [5.74, 6) is -0.163. The molecule has 0 spiro atoms. The summed E-state index contributed by atoms with van der Waals surface area (Å²) in [7, 11) is 0. The molecule has 0 unspecified atom stereocenters. The lowest BCUT2D eigenvalue weighted by atomic mass is 10.0. The van der Waals surface area contributed by atoms with E-state index in [1.165, 1.54) is 11.1 Å². The van der Waals surface area contributed by atoms with Crippen LogP contribution in [0.5, 0.6) is 0 Å². The van der Waals surface area contributed by atoms with Crippen LogP contribution in [0.4, 0.5) is 11.4 Å². The minimum Gasteiger partial charge on any atom is -0.399 e. The minimum atomic E-state index is -0.348. The van der Waals surface area contributed by atoms with E-state index < -0.39 is 0 Å². The standard InChI is InChI=1S/C23H25N3O3S.C23H27N3OS/c1-14-11-20(26(28)29)15(2)10-18(14)12-21-24-19(13-30-21)16-6-8-17(9-7-16)22(27)25-23(3,4)5;1-14-11-19(24)15(2)10-18(14)12-21-25-20(13-28-21)16-6-8-17(9-7-16)22(27)26-23(3,4)5/h6-11,13H,12H2,1-5H3,(H,25,27);6-11,13H,12,24H2,1-5H3,(H,26,27). The second kappa shape index (κ2) is 17.8. The number of carbonyl (C=O) groups excluding carboxylic acids is 2. The minimum absolute atomic E-state index is 0.0628. The number of hydrogen-bond donors (Lipinski definition) is 3. The molecule has 2 aromatic heterocycles. The van der Waals surface area contributed by atoms with Crippen LogP contribution in [-0.4, -0.2) is 37.8 Å². The van der Waals surface area contributed by atoms with E-state index in [9.17, 15) is 19.7 Å². The number of hydrogen-bond acceptors (Lipinski definition) is 9. The first-order chi connectivity index (χ1) is 27.2. The number of aromatic nitrogens is 2. The average Bonchev–Trinajstić information content (AvgIpc) is 3.81. The normalized spacial score (nSPS) is 11.4. The van der Waals surface area contributed by atoms with Gasteiger partial charge in [-0.25, -0.2) is 9.97 Å². The Morgan fingerprint density at radius 1 is 0.638 bits per heavy atom. The fourth-order valence-electron chi connectivity index (χ4n) is 6.12. The number of benzene rings is 4. The third-order valence-electron chi connectivity index (χ3n) is 9.23. The molecule has 6 rings (SSSR count). The summed E-state index contributed by atoms with van der Waals surface area (Å²) >= 11 is 3.21. The molecule has 10 nitrogen and oxygen atoms in total. The summed E-state index contributed by atoms with van der Waals surface area (Å²) in [6.45, 7) is 19.5. The molecule has 0 aliphatic heterocycles. The third kappa shape index (κ3) is 11.7. The smallest absolute Gasteiger partial charge is 0.272 e. The summed E-state index contributed by atoms with van der Waals surface area (Å²) in [5, 5.41) is 23.1. The van der Waals surface area contributed by atoms with Gasteiger partial charge in [-0.05, 0) is 133 Å². The van der Waals surface area contributed by atoms with Crippen molar-refractivity contribution in [2.24, 2.45) is 0 Å². The van der Waals surface area contributed by atoms with Crippen molar-refractivity contribution in [3.63, 3.8) is 0 Å². The van der Waals surface area contributed by atoms with E-state index in [-0.39, 0.29) is 33.5 Å². The number of carbonyl (C=O) groups is 2. The van der Waals surface area contributed by atoms with Crippen LogP contribution < -0.4 is 16.4 Å². The SMILES string of the molecule is Cc1cc(Cc2nc(-c3ccc(C(=O)NC(C)(C)C)cc3)cs2)c(C)cc1N.Cc1cc([N+](=O)[O-])c(C)cc1Cc1nc(-c2ccc(C(=O)NC(C)(C)C)cc2)cs1. The van der Waals surface area contributed by atoms with Gasteiger partial charge >= 0.3 is 0 Å². The van der Waals surface area contributed by atoms with Crippen molar-refractivity contribution >= 4 is 45.9 Å². The highest BCUT2D eigenvalue weighted by atomic mass is 32.1. The quantitative estimate of drug-likeness (QED) is 0.0746. The van der Waals surface area contributed by atoms with E-state index >= 15 is 0 Å². The van der Waals surface area contributed by atoms with Crippen molar-refractivity contribution in [2.75, 3.05) is 5.73 Å². The van der Waals surface area contributed by atoms with E-state index in [1.54, 1.807) is 47.8 Å². The van der Waals surface area contributed by atoms with Crippen molar-refractivity contribution < 1.29 is 14.5 Å². The molecule has 0 fully saturated rings. The molecule has 6 aromatic rings. The summed E-state index contributed by atoms with van der Waals surface area (Å²) < 4.78 is 0. The molecule has 4 N–H and O–H groups in total. The molecule has 0 aliphatic carbocycles. The zero-order valence-electron chi connectivity index (χ0n) is 34.9. The van der Waals surface area contributed by atoms with Crippen LogP contribution in [0.25, 0.3) is 22.5 Å². The zero-order valence-corrected chi connectivity index (χ0v) is 36.5. The van der Waals surface area contributed by atoms with Crippen molar-refractivity contribution in [3.05, 3.63) is 148 Å². The number of rotatable bonds is 9. The summed E-state index contributed by atoms with van der Waals surface area (Å²) in [5.41, 5.74) is 17.6. The Bertz CT molecular complexity index is 2440. The van der Waals surface area contributed by atoms with Crippen molar-refractivity contribution in [3.8, 4) is 22.5 Å². The highest BCUT2D eigenvalue weighted by molar-refractivity contribution is 7.10. The van der Waals surface area contributed by atoms with Crippen LogP contribution in [0.15, 0.2) is 83.6 Å². The van der Waals surface area contributed by atoms with Crippen molar-refractivity contribution in [1.82, 2.24) is 20.6 Å². The first-order valence-electron chi connectivity index (χ1n) is 19.0. The van der Waals surface area contributed by atoms with E-state index in [4.69, 9.17) is 15.7 Å². The Morgan fingerprint density at radius 2 is 1.03 bits per heavy atom. The molecular weight excluding hydrogens is 765 g/mol. The maximum Gasteiger partial charge on any atom is 0.272 e. The molecule has 4 aromatic carbocycles. The molecule has 302 valence electrons. The predicted octanol–water partition coefficient (Wildman–Crippen LogP) is 10.6. The van der Waals surface area contributed by atoms with Gasteiger partial charge in [0, 0.05) is 74.3 Å². The molecule has 0 bridgehead atoms. The largest absolute Gasteiger partial charge is 0.399 e. The van der Waals surface area contributed by atoms with Gasteiger partial charge in [-0.3, -0.25) is 19.7 Å². The summed E-state index contributed by atoms with van der Waals surface area (Å²) in [4.78, 5) is 44.8. The fourth-order valence-corrected chi connectivity index (χ4v) is 7.77. The zero-order chi connectivity index (χ0) is 42.5. The Balaban J connectivity index is 0.000000221. The van der Waals surface area contributed by atoms with Gasteiger partial charge in [0.2, 0.25) is 0 Å². The number of thiazole rings is 2. The second-order valence-electron chi connectivity index (χ2n) is 16.6. The lowest BCUT2D eigenvalue weighted by Gasteiger charge is -2.20. The Labute approximate surface area is 349 Å². The Morgan fingerprint density at radius 3 is 1.43 bits per heavy atom. The lowest BCUT2D eigenvalue weighted by Crippen LogP contribution is -2.40. The molecule has 0 saturated carbocycles. The van der Waals surface area contributed by atoms with Crippen LogP contribution in [0.1, 0.15) is 106 Å². The molecule has 12 heteroatoms. The van der Waals surface area contributed by atoms with Crippen LogP contribution >= 0.6 is 22.7 Å². The van der Waals surface area contributed by atoms with Gasteiger partial charge < -0.3 is 16.4 Å². The Kier molecular flexibility index (Phi) is 13.3. The number of nitro benzene ring substituents is 1. The monoisotopic (exact) mass is 816 g/mol. The number of amides is 2. The highest BCUT2D eigenvalue weighted by Crippen LogP contribution is 2.29. The van der Waals surface area contributed by atoms with Crippen LogP contribution in [0.3, 0.4) is 0 Å². The molecule has 58 heavy (non-hydrogen) atoms. The van der Waals surface area contributed by atoms with Crippen LogP contribution in [0.2, 0.25) is 0 Å². The lowest BCUT2D eigenvalue weighted by molar-refractivity contribution is -0.385. The van der Waals surface area contributed by atoms with Crippen LogP contribution in [0, 0.1) is 37.8 Å². The third-order valence-corrected chi connectivity index (χ3v) is 10.9. The maximum atomic E-state index is 12.3. The molecule has 2 heterocycles. The number of nitrogens with one attached hydrogen (secondary N) is 2. The van der Waals surface area contributed by atoms with Gasteiger partial charge in [-0.2, -0.15) is 0 Å². The average molecular weight is 817 g/mol. The first kappa shape index (κ1) is 43.4. The summed E-state index contributed by atoms with van der Waals surface area (Å²) in [6, 6.07) is 22.7. The highest BCUT2D eigenvalue weighted by Gasteiger charge is 2.18. The van der Waals surface area contributed by atoms with Gasteiger partial charge in [0.05, 0.1) is 26.3 Å². The van der Waals surface area contributed by atoms with Gasteiger partial charge in [0.1, 0.15) is 0 Å². The molecular formula is C46H52N6O4S2. The number of anilines is 1. The molecule has 0 atom stereocenters. The molecule has 0 radical (unpaired) electrons. The number of nitro groups is 1. The number of aryl methyl sites for hydroxylation is 4. The van der Waals surface area contributed by atoms with Crippen molar-refractivity contribution in [1.29, 1.82) is 0 Å². The van der Waals surface area contributed by atoms with E-state index in [2.05, 4.69) is 29.0 Å². The molecule has 0 saturated heterocycles. The topological polar surface area (TPSA) is 153 Å². The summed E-state index contributed by atoms with van der Waals surface area (Å²) in [6.07, 6.45) is 1.42. The van der Waals surface area contributed by atoms with E-state index in [1.807, 2.05) is 109 Å². The number of nitrogen functional groups attached to an aromatic ring is 1. The van der Waals surface area contributed by atoms with Crippen LogP contribution in [-0.2, 0) is 12.8 Å². The molecule has 0 aliphatic rings. The second-order valence-corrected chi connectivity index (χ2v) is 18.5. The predicted molar refractivity (Wildman–Crippen MR) is 238 cm³/mol. The fraction of sp³-hybridized carbons (Fsp3) is 0.304. The van der Waals surface area contributed by atoms with Crippen molar-refractivity contribution in [2.45, 2.75) is 93.2 Å². The van der Waals surface area contributed by atoms with Gasteiger partial charge in [0.15, 0.2) is 0 Å². The first-order valence-corrected chi connectivity index (χ1v) is 20.8. The van der Waals surface area contributed by atoms with Gasteiger partial charge in [0.25, 0.3) is 17.5 Å². The number of nitrogens with zero attached hydrogens (tertiary/aromatic N) is 3. The van der Waals surface area contributed by atoms with Gasteiger partial charge in [-0.15, -0.1) is 22.7 Å². The van der Waals surface area contributed by atoms with E-state index in [0.29, 0.717) is 23.1 Å². The maximum absolute atomic E-state index is 12.3.